The van der Waals surface area contributed by atoms with E-state index in [0.717, 1.165) is 5.39 Å². The monoisotopic (exact) mass is 250 g/mol. The smallest absolute Gasteiger partial charge is 0.359 e. The number of rotatable bonds is 2. The van der Waals surface area contributed by atoms with Crippen molar-refractivity contribution < 1.29 is 9.53 Å². The number of nitrogens with zero attached hydrogens (tertiary/aromatic N) is 1. The zero-order valence-corrected chi connectivity index (χ0v) is 9.99. The summed E-state index contributed by atoms with van der Waals surface area (Å²) < 4.78 is 4.87. The Morgan fingerprint density at radius 2 is 2.29 bits per heavy atom. The van der Waals surface area contributed by atoms with E-state index in [1.807, 2.05) is 0 Å². The molecule has 0 aliphatic carbocycles. The molecule has 2 N–H and O–H groups in total. The summed E-state index contributed by atoms with van der Waals surface area (Å²) in [6.45, 7) is 2.01. The van der Waals surface area contributed by atoms with E-state index in [9.17, 15) is 4.79 Å². The van der Waals surface area contributed by atoms with Gasteiger partial charge < -0.3 is 10.5 Å². The molecule has 0 bridgehead atoms. The number of nitrogens with two attached hydrogens (primary N) is 1. The highest BCUT2D eigenvalue weighted by Crippen LogP contribution is 2.25. The second kappa shape index (κ2) is 4.59. The average molecular weight is 251 g/mol. The van der Waals surface area contributed by atoms with Gasteiger partial charge >= 0.3 is 5.97 Å². The van der Waals surface area contributed by atoms with Crippen molar-refractivity contribution in [2.24, 2.45) is 0 Å². The van der Waals surface area contributed by atoms with Gasteiger partial charge in [-0.1, -0.05) is 17.7 Å². The first-order valence-corrected chi connectivity index (χ1v) is 5.53. The molecule has 0 unspecified atom stereocenters. The molecule has 0 amide bonds. The SMILES string of the molecule is CCOC(=O)c1nc2cccc(Cl)c2cc1N. The zero-order chi connectivity index (χ0) is 12.4. The largest absolute Gasteiger partial charge is 0.461 e. The van der Waals surface area contributed by atoms with Crippen LogP contribution in [0.4, 0.5) is 5.69 Å². The van der Waals surface area contributed by atoms with Crippen LogP contribution in [0.1, 0.15) is 17.4 Å². The first-order chi connectivity index (χ1) is 8.13. The Morgan fingerprint density at radius 1 is 1.53 bits per heavy atom. The summed E-state index contributed by atoms with van der Waals surface area (Å²) in [4.78, 5) is 15.8. The van der Waals surface area contributed by atoms with Gasteiger partial charge in [0.25, 0.3) is 0 Å². The number of ether oxygens (including phenoxy) is 1. The highest BCUT2D eigenvalue weighted by Gasteiger charge is 2.14. The summed E-state index contributed by atoms with van der Waals surface area (Å²) in [7, 11) is 0. The number of carbonyl (C=O) groups excluding carboxylic acids is 1. The molecule has 2 aromatic rings. The van der Waals surface area contributed by atoms with Crippen molar-refractivity contribution >= 4 is 34.2 Å². The molecule has 1 heterocycles. The predicted molar refractivity (Wildman–Crippen MR) is 67.1 cm³/mol. The van der Waals surface area contributed by atoms with Crippen molar-refractivity contribution in [3.05, 3.63) is 35.0 Å². The molecule has 0 saturated heterocycles. The Hall–Kier alpha value is -1.81. The van der Waals surface area contributed by atoms with Gasteiger partial charge in [-0.25, -0.2) is 9.78 Å². The molecule has 4 nitrogen and oxygen atoms in total. The maximum atomic E-state index is 11.6. The van der Waals surface area contributed by atoms with Crippen LogP contribution in [0.15, 0.2) is 24.3 Å². The molecule has 1 aromatic carbocycles. The summed E-state index contributed by atoms with van der Waals surface area (Å²) in [6.07, 6.45) is 0. The van der Waals surface area contributed by atoms with E-state index in [0.29, 0.717) is 10.5 Å². The molecule has 0 atom stereocenters. The van der Waals surface area contributed by atoms with Crippen LogP contribution in [0.3, 0.4) is 0 Å². The average Bonchev–Trinajstić information content (AvgIpc) is 2.30. The normalized spacial score (nSPS) is 10.5. The standard InChI is InChI=1S/C12H11ClN2O2/c1-2-17-12(16)11-9(14)6-7-8(13)4-3-5-10(7)15-11/h3-6H,2,14H2,1H3. The van der Waals surface area contributed by atoms with Crippen LogP contribution in [0, 0.1) is 0 Å². The van der Waals surface area contributed by atoms with Gasteiger partial charge in [-0.3, -0.25) is 0 Å². The van der Waals surface area contributed by atoms with Gasteiger partial charge in [-0.15, -0.1) is 0 Å². The Labute approximate surface area is 103 Å². The first kappa shape index (κ1) is 11.7. The number of carbonyl (C=O) groups is 1. The third-order valence-corrected chi connectivity index (χ3v) is 2.63. The molecule has 1 aromatic heterocycles. The summed E-state index contributed by atoms with van der Waals surface area (Å²) in [6, 6.07) is 6.91. The van der Waals surface area contributed by atoms with Gasteiger partial charge in [-0.2, -0.15) is 0 Å². The fraction of sp³-hybridized carbons (Fsp3) is 0.167. The van der Waals surface area contributed by atoms with Crippen LogP contribution >= 0.6 is 11.6 Å². The van der Waals surface area contributed by atoms with Gasteiger partial charge in [0.15, 0.2) is 5.69 Å². The number of esters is 1. The molecule has 0 spiro atoms. The molecule has 0 aliphatic heterocycles. The van der Waals surface area contributed by atoms with E-state index in [4.69, 9.17) is 22.1 Å². The first-order valence-electron chi connectivity index (χ1n) is 5.15. The summed E-state index contributed by atoms with van der Waals surface area (Å²) in [5.41, 5.74) is 6.78. The number of hydrogen-bond acceptors (Lipinski definition) is 4. The number of aromatic nitrogens is 1. The van der Waals surface area contributed by atoms with Crippen molar-refractivity contribution in [2.45, 2.75) is 6.92 Å². The van der Waals surface area contributed by atoms with Crippen LogP contribution in [-0.4, -0.2) is 17.6 Å². The fourth-order valence-corrected chi connectivity index (χ4v) is 1.76. The van der Waals surface area contributed by atoms with Crippen molar-refractivity contribution in [3.8, 4) is 0 Å². The molecule has 0 radical (unpaired) electrons. The Kier molecular flexibility index (Phi) is 3.15. The van der Waals surface area contributed by atoms with Crippen molar-refractivity contribution in [2.75, 3.05) is 12.3 Å². The van der Waals surface area contributed by atoms with E-state index in [1.165, 1.54) is 0 Å². The topological polar surface area (TPSA) is 65.2 Å². The third-order valence-electron chi connectivity index (χ3n) is 2.30. The molecule has 2 rings (SSSR count). The number of fused-ring (bicyclic) bond motifs is 1. The quantitative estimate of drug-likeness (QED) is 0.832. The van der Waals surface area contributed by atoms with Crippen molar-refractivity contribution in [1.29, 1.82) is 0 Å². The van der Waals surface area contributed by atoms with Gasteiger partial charge in [-0.05, 0) is 25.1 Å². The fourth-order valence-electron chi connectivity index (χ4n) is 1.54. The molecule has 0 fully saturated rings. The number of nitrogen functional groups attached to an aromatic ring is 1. The Morgan fingerprint density at radius 3 is 3.00 bits per heavy atom. The van der Waals surface area contributed by atoms with E-state index in [2.05, 4.69) is 4.98 Å². The molecule has 88 valence electrons. The lowest BCUT2D eigenvalue weighted by atomic mass is 10.2. The molecular weight excluding hydrogens is 240 g/mol. The second-order valence-corrected chi connectivity index (χ2v) is 3.86. The van der Waals surface area contributed by atoms with Crippen molar-refractivity contribution in [1.82, 2.24) is 4.98 Å². The van der Waals surface area contributed by atoms with Crippen LogP contribution in [0.2, 0.25) is 5.02 Å². The maximum Gasteiger partial charge on any atom is 0.359 e. The molecule has 0 aliphatic rings. The van der Waals surface area contributed by atoms with Crippen LogP contribution in [0.25, 0.3) is 10.9 Å². The van der Waals surface area contributed by atoms with E-state index >= 15 is 0 Å². The minimum absolute atomic E-state index is 0.126. The summed E-state index contributed by atoms with van der Waals surface area (Å²) in [5.74, 6) is -0.521. The zero-order valence-electron chi connectivity index (χ0n) is 9.24. The summed E-state index contributed by atoms with van der Waals surface area (Å²) >= 11 is 6.01. The number of benzene rings is 1. The summed E-state index contributed by atoms with van der Waals surface area (Å²) in [5, 5.41) is 1.27. The van der Waals surface area contributed by atoms with Crippen LogP contribution in [-0.2, 0) is 4.74 Å². The number of halogens is 1. The highest BCUT2D eigenvalue weighted by atomic mass is 35.5. The predicted octanol–water partition coefficient (Wildman–Crippen LogP) is 2.65. The minimum Gasteiger partial charge on any atom is -0.461 e. The highest BCUT2D eigenvalue weighted by molar-refractivity contribution is 6.35. The number of hydrogen-bond donors (Lipinski definition) is 1. The second-order valence-electron chi connectivity index (χ2n) is 3.45. The maximum absolute atomic E-state index is 11.6. The van der Waals surface area contributed by atoms with E-state index < -0.39 is 5.97 Å². The van der Waals surface area contributed by atoms with Gasteiger partial charge in [0.2, 0.25) is 0 Å². The third kappa shape index (κ3) is 2.17. The Bertz CT molecular complexity index is 584. The lowest BCUT2D eigenvalue weighted by molar-refractivity contribution is 0.0521. The minimum atomic E-state index is -0.521. The molecular formula is C12H11ClN2O2. The lowest BCUT2D eigenvalue weighted by Crippen LogP contribution is -2.10. The molecule has 17 heavy (non-hydrogen) atoms. The number of pyridine rings is 1. The van der Waals surface area contributed by atoms with Gasteiger partial charge in [0, 0.05) is 5.39 Å². The number of anilines is 1. The van der Waals surface area contributed by atoms with E-state index in [1.54, 1.807) is 31.2 Å². The van der Waals surface area contributed by atoms with Crippen LogP contribution < -0.4 is 5.73 Å². The Balaban J connectivity index is 2.60. The lowest BCUT2D eigenvalue weighted by Gasteiger charge is -2.07. The van der Waals surface area contributed by atoms with Gasteiger partial charge in [0.05, 0.1) is 22.8 Å². The van der Waals surface area contributed by atoms with E-state index in [-0.39, 0.29) is 18.0 Å². The molecule has 5 heteroatoms. The van der Waals surface area contributed by atoms with Crippen LogP contribution in [0.5, 0.6) is 0 Å². The molecule has 0 saturated carbocycles. The van der Waals surface area contributed by atoms with Crippen molar-refractivity contribution in [3.63, 3.8) is 0 Å². The van der Waals surface area contributed by atoms with Gasteiger partial charge in [0.1, 0.15) is 0 Å².